The van der Waals surface area contributed by atoms with E-state index in [9.17, 15) is 4.79 Å². The van der Waals surface area contributed by atoms with E-state index in [0.717, 1.165) is 10.0 Å². The summed E-state index contributed by atoms with van der Waals surface area (Å²) >= 11 is 3.37. The van der Waals surface area contributed by atoms with Gasteiger partial charge in [-0.3, -0.25) is 4.79 Å². The lowest BCUT2D eigenvalue weighted by Gasteiger charge is -2.12. The van der Waals surface area contributed by atoms with Crippen LogP contribution >= 0.6 is 15.9 Å². The first-order valence-electron chi connectivity index (χ1n) is 4.50. The molecule has 0 radical (unpaired) electrons. The molecular formula is C11H13BrO2. The molecule has 0 N–H and O–H groups in total. The second-order valence-electron chi connectivity index (χ2n) is 3.06. The number of carbonyl (C=O) groups is 1. The molecule has 0 bridgehead atoms. The SMILES string of the molecule is CCOc1c(Br)ccc(C)c1C(C)=O. The van der Waals surface area contributed by atoms with Crippen LogP contribution in [-0.4, -0.2) is 12.4 Å². The fourth-order valence-corrected chi connectivity index (χ4v) is 1.82. The number of hydrogen-bond acceptors (Lipinski definition) is 2. The minimum atomic E-state index is 0.0345. The van der Waals surface area contributed by atoms with Gasteiger partial charge in [-0.1, -0.05) is 6.07 Å². The highest BCUT2D eigenvalue weighted by atomic mass is 79.9. The molecule has 0 aromatic heterocycles. The Labute approximate surface area is 92.4 Å². The minimum Gasteiger partial charge on any atom is -0.492 e. The Morgan fingerprint density at radius 1 is 1.50 bits per heavy atom. The highest BCUT2D eigenvalue weighted by molar-refractivity contribution is 9.10. The summed E-state index contributed by atoms with van der Waals surface area (Å²) in [6.07, 6.45) is 0. The third-order valence-electron chi connectivity index (χ3n) is 1.96. The van der Waals surface area contributed by atoms with E-state index in [-0.39, 0.29) is 5.78 Å². The van der Waals surface area contributed by atoms with Crippen LogP contribution in [0.2, 0.25) is 0 Å². The predicted octanol–water partition coefficient (Wildman–Crippen LogP) is 3.36. The van der Waals surface area contributed by atoms with Gasteiger partial charge in [0.05, 0.1) is 16.6 Å². The zero-order chi connectivity index (χ0) is 10.7. The molecule has 0 heterocycles. The van der Waals surface area contributed by atoms with E-state index in [4.69, 9.17) is 4.74 Å². The van der Waals surface area contributed by atoms with Crippen LogP contribution in [0.25, 0.3) is 0 Å². The Kier molecular flexibility index (Phi) is 3.69. The van der Waals surface area contributed by atoms with Crippen LogP contribution in [0.3, 0.4) is 0 Å². The van der Waals surface area contributed by atoms with Gasteiger partial charge in [-0.05, 0) is 48.3 Å². The fourth-order valence-electron chi connectivity index (χ4n) is 1.38. The molecule has 1 aromatic rings. The number of benzene rings is 1. The van der Waals surface area contributed by atoms with E-state index in [1.165, 1.54) is 0 Å². The highest BCUT2D eigenvalue weighted by Crippen LogP contribution is 2.31. The molecule has 14 heavy (non-hydrogen) atoms. The van der Waals surface area contributed by atoms with Crippen molar-refractivity contribution in [1.29, 1.82) is 0 Å². The maximum Gasteiger partial charge on any atom is 0.163 e. The van der Waals surface area contributed by atoms with Crippen LogP contribution < -0.4 is 4.74 Å². The number of halogens is 1. The molecule has 0 aliphatic carbocycles. The van der Waals surface area contributed by atoms with Crippen molar-refractivity contribution in [3.63, 3.8) is 0 Å². The van der Waals surface area contributed by atoms with Gasteiger partial charge in [0.15, 0.2) is 5.78 Å². The number of carbonyl (C=O) groups excluding carboxylic acids is 1. The fraction of sp³-hybridized carbons (Fsp3) is 0.364. The average molecular weight is 257 g/mol. The molecule has 3 heteroatoms. The first-order valence-corrected chi connectivity index (χ1v) is 5.30. The standard InChI is InChI=1S/C11H13BrO2/c1-4-14-11-9(12)6-5-7(2)10(11)8(3)13/h5-6H,4H2,1-3H3. The van der Waals surface area contributed by atoms with Gasteiger partial charge >= 0.3 is 0 Å². The zero-order valence-corrected chi connectivity index (χ0v) is 10.1. The van der Waals surface area contributed by atoms with Crippen molar-refractivity contribution in [3.8, 4) is 5.75 Å². The lowest BCUT2D eigenvalue weighted by molar-refractivity contribution is 0.101. The number of ether oxygens (including phenoxy) is 1. The van der Waals surface area contributed by atoms with Crippen LogP contribution in [0.15, 0.2) is 16.6 Å². The van der Waals surface area contributed by atoms with Gasteiger partial charge in [-0.2, -0.15) is 0 Å². The van der Waals surface area contributed by atoms with Gasteiger partial charge in [0, 0.05) is 0 Å². The summed E-state index contributed by atoms with van der Waals surface area (Å²) in [5, 5.41) is 0. The van der Waals surface area contributed by atoms with Gasteiger partial charge in [-0.25, -0.2) is 0 Å². The topological polar surface area (TPSA) is 26.3 Å². The summed E-state index contributed by atoms with van der Waals surface area (Å²) in [7, 11) is 0. The van der Waals surface area contributed by atoms with E-state index in [1.54, 1.807) is 6.92 Å². The summed E-state index contributed by atoms with van der Waals surface area (Å²) < 4.78 is 6.27. The molecule has 0 aliphatic heterocycles. The molecular weight excluding hydrogens is 244 g/mol. The van der Waals surface area contributed by atoms with Gasteiger partial charge in [0.1, 0.15) is 5.75 Å². The van der Waals surface area contributed by atoms with E-state index < -0.39 is 0 Å². The Hall–Kier alpha value is -0.830. The lowest BCUT2D eigenvalue weighted by Crippen LogP contribution is -2.03. The third-order valence-corrected chi connectivity index (χ3v) is 2.58. The largest absolute Gasteiger partial charge is 0.492 e. The molecule has 0 spiro atoms. The van der Waals surface area contributed by atoms with Crippen molar-refractivity contribution in [3.05, 3.63) is 27.7 Å². The number of Topliss-reactive ketones (excluding diaryl/α,β-unsaturated/α-hetero) is 1. The molecule has 2 nitrogen and oxygen atoms in total. The van der Waals surface area contributed by atoms with Gasteiger partial charge in [0.2, 0.25) is 0 Å². The molecule has 0 amide bonds. The molecule has 0 unspecified atom stereocenters. The van der Waals surface area contributed by atoms with Crippen LogP contribution in [0.1, 0.15) is 29.8 Å². The summed E-state index contributed by atoms with van der Waals surface area (Å²) in [5.41, 5.74) is 1.62. The smallest absolute Gasteiger partial charge is 0.163 e. The first kappa shape index (κ1) is 11.2. The molecule has 0 aliphatic rings. The van der Waals surface area contributed by atoms with Gasteiger partial charge < -0.3 is 4.74 Å². The van der Waals surface area contributed by atoms with Crippen LogP contribution in [0, 0.1) is 6.92 Å². The van der Waals surface area contributed by atoms with Crippen molar-refractivity contribution in [2.45, 2.75) is 20.8 Å². The first-order chi connectivity index (χ1) is 6.57. The van der Waals surface area contributed by atoms with E-state index >= 15 is 0 Å². The van der Waals surface area contributed by atoms with Crippen molar-refractivity contribution < 1.29 is 9.53 Å². The van der Waals surface area contributed by atoms with Gasteiger partial charge in [0.25, 0.3) is 0 Å². The number of hydrogen-bond donors (Lipinski definition) is 0. The Morgan fingerprint density at radius 3 is 2.64 bits per heavy atom. The predicted molar refractivity (Wildman–Crippen MR) is 60.1 cm³/mol. The maximum absolute atomic E-state index is 11.4. The third kappa shape index (κ3) is 2.15. The highest BCUT2D eigenvalue weighted by Gasteiger charge is 2.14. The molecule has 1 aromatic carbocycles. The number of rotatable bonds is 3. The second kappa shape index (κ2) is 4.60. The molecule has 0 saturated heterocycles. The zero-order valence-electron chi connectivity index (χ0n) is 8.56. The quantitative estimate of drug-likeness (QED) is 0.776. The van der Waals surface area contributed by atoms with Gasteiger partial charge in [-0.15, -0.1) is 0 Å². The van der Waals surface area contributed by atoms with E-state index in [1.807, 2.05) is 26.0 Å². The lowest BCUT2D eigenvalue weighted by atomic mass is 10.0. The molecule has 0 fully saturated rings. The Balaban J connectivity index is 3.33. The average Bonchev–Trinajstić information content (AvgIpc) is 2.11. The summed E-state index contributed by atoms with van der Waals surface area (Å²) in [4.78, 5) is 11.4. The van der Waals surface area contributed by atoms with E-state index in [0.29, 0.717) is 17.9 Å². The van der Waals surface area contributed by atoms with Crippen molar-refractivity contribution in [2.75, 3.05) is 6.61 Å². The van der Waals surface area contributed by atoms with Crippen molar-refractivity contribution in [1.82, 2.24) is 0 Å². The molecule has 76 valence electrons. The Morgan fingerprint density at radius 2 is 2.14 bits per heavy atom. The number of aryl methyl sites for hydroxylation is 1. The van der Waals surface area contributed by atoms with Crippen LogP contribution in [0.4, 0.5) is 0 Å². The van der Waals surface area contributed by atoms with Crippen LogP contribution in [-0.2, 0) is 0 Å². The summed E-state index contributed by atoms with van der Waals surface area (Å²) in [6, 6.07) is 3.80. The van der Waals surface area contributed by atoms with E-state index in [2.05, 4.69) is 15.9 Å². The monoisotopic (exact) mass is 256 g/mol. The Bertz CT molecular complexity index is 359. The number of ketones is 1. The molecule has 0 atom stereocenters. The summed E-state index contributed by atoms with van der Waals surface area (Å²) in [6.45, 7) is 5.92. The van der Waals surface area contributed by atoms with Crippen molar-refractivity contribution in [2.24, 2.45) is 0 Å². The molecule has 0 saturated carbocycles. The van der Waals surface area contributed by atoms with Crippen LogP contribution in [0.5, 0.6) is 5.75 Å². The summed E-state index contributed by atoms with van der Waals surface area (Å²) in [5.74, 6) is 0.687. The second-order valence-corrected chi connectivity index (χ2v) is 3.91. The maximum atomic E-state index is 11.4. The normalized spacial score (nSPS) is 10.0. The minimum absolute atomic E-state index is 0.0345. The van der Waals surface area contributed by atoms with Crippen molar-refractivity contribution >= 4 is 21.7 Å². The molecule has 1 rings (SSSR count).